The number of thiocarbonyl (C=S) groups is 1. The molecule has 2 aromatic carbocycles. The van der Waals surface area contributed by atoms with E-state index in [2.05, 4.69) is 23.2 Å². The lowest BCUT2D eigenvalue weighted by molar-refractivity contribution is -0.132. The first-order chi connectivity index (χ1) is 13.1. The highest BCUT2D eigenvalue weighted by Gasteiger charge is 2.28. The van der Waals surface area contributed by atoms with Gasteiger partial charge < -0.3 is 15.1 Å². The molecule has 1 fully saturated rings. The van der Waals surface area contributed by atoms with Crippen molar-refractivity contribution in [1.29, 1.82) is 5.26 Å². The molecular weight excluding hydrogens is 356 g/mol. The quantitative estimate of drug-likeness (QED) is 0.832. The van der Waals surface area contributed by atoms with Crippen molar-refractivity contribution in [2.45, 2.75) is 19.4 Å². The van der Waals surface area contributed by atoms with Gasteiger partial charge in [0.1, 0.15) is 0 Å². The highest BCUT2D eigenvalue weighted by Crippen LogP contribution is 2.15. The largest absolute Gasteiger partial charge is 0.343 e. The van der Waals surface area contributed by atoms with Gasteiger partial charge in [-0.15, -0.1) is 0 Å². The Morgan fingerprint density at radius 1 is 1.19 bits per heavy atom. The van der Waals surface area contributed by atoms with Crippen molar-refractivity contribution in [3.05, 3.63) is 65.7 Å². The van der Waals surface area contributed by atoms with Crippen LogP contribution in [0.5, 0.6) is 0 Å². The number of benzene rings is 2. The SMILES string of the molecule is CC1CN(C(=O)Cc2ccccc2)CCN1C(=S)Nc1ccc(C#N)cc1. The molecule has 0 saturated carbocycles. The van der Waals surface area contributed by atoms with Crippen molar-refractivity contribution >= 4 is 28.9 Å². The Balaban J connectivity index is 1.55. The number of nitrogens with zero attached hydrogens (tertiary/aromatic N) is 3. The molecule has 1 unspecified atom stereocenters. The topological polar surface area (TPSA) is 59.4 Å². The Hall–Kier alpha value is -2.91. The second kappa shape index (κ2) is 8.65. The van der Waals surface area contributed by atoms with Crippen molar-refractivity contribution in [2.24, 2.45) is 0 Å². The van der Waals surface area contributed by atoms with Gasteiger partial charge in [0.2, 0.25) is 5.91 Å². The molecule has 27 heavy (non-hydrogen) atoms. The zero-order valence-corrected chi connectivity index (χ0v) is 16.1. The number of hydrogen-bond donors (Lipinski definition) is 1. The number of carbonyl (C=O) groups excluding carboxylic acids is 1. The maximum Gasteiger partial charge on any atom is 0.227 e. The molecule has 0 aromatic heterocycles. The van der Waals surface area contributed by atoms with E-state index in [-0.39, 0.29) is 11.9 Å². The fraction of sp³-hybridized carbons (Fsp3) is 0.286. The van der Waals surface area contributed by atoms with Crippen molar-refractivity contribution in [3.8, 4) is 6.07 Å². The third-order valence-corrected chi connectivity index (χ3v) is 5.04. The summed E-state index contributed by atoms with van der Waals surface area (Å²) in [6.07, 6.45) is 0.432. The van der Waals surface area contributed by atoms with E-state index in [0.29, 0.717) is 36.7 Å². The van der Waals surface area contributed by atoms with E-state index >= 15 is 0 Å². The molecule has 0 spiro atoms. The Bertz CT molecular complexity index is 845. The average Bonchev–Trinajstić information content (AvgIpc) is 2.69. The number of amides is 1. The van der Waals surface area contributed by atoms with Crippen LogP contribution in [0.25, 0.3) is 0 Å². The molecule has 1 saturated heterocycles. The molecule has 6 heteroatoms. The highest BCUT2D eigenvalue weighted by atomic mass is 32.1. The Morgan fingerprint density at radius 2 is 1.89 bits per heavy atom. The molecule has 0 aliphatic carbocycles. The van der Waals surface area contributed by atoms with E-state index in [0.717, 1.165) is 11.3 Å². The molecule has 0 bridgehead atoms. The van der Waals surface area contributed by atoms with E-state index in [9.17, 15) is 4.79 Å². The summed E-state index contributed by atoms with van der Waals surface area (Å²) in [5, 5.41) is 12.7. The molecule has 5 nitrogen and oxygen atoms in total. The summed E-state index contributed by atoms with van der Waals surface area (Å²) in [4.78, 5) is 16.6. The van der Waals surface area contributed by atoms with Gasteiger partial charge in [0.05, 0.1) is 18.1 Å². The van der Waals surface area contributed by atoms with Crippen molar-refractivity contribution in [3.63, 3.8) is 0 Å². The monoisotopic (exact) mass is 378 g/mol. The summed E-state index contributed by atoms with van der Waals surface area (Å²) in [6.45, 7) is 4.09. The molecule has 1 atom stereocenters. The van der Waals surface area contributed by atoms with Crippen LogP contribution < -0.4 is 5.32 Å². The van der Waals surface area contributed by atoms with E-state index in [1.807, 2.05) is 47.4 Å². The van der Waals surface area contributed by atoms with Crippen LogP contribution in [0.4, 0.5) is 5.69 Å². The fourth-order valence-corrected chi connectivity index (χ4v) is 3.58. The summed E-state index contributed by atoms with van der Waals surface area (Å²) >= 11 is 5.55. The number of nitriles is 1. The van der Waals surface area contributed by atoms with Gasteiger partial charge in [0.15, 0.2) is 5.11 Å². The van der Waals surface area contributed by atoms with Crippen LogP contribution in [0.3, 0.4) is 0 Å². The fourth-order valence-electron chi connectivity index (χ4n) is 3.19. The molecule has 3 rings (SSSR count). The Labute approximate surface area is 165 Å². The van der Waals surface area contributed by atoms with Crippen LogP contribution in [-0.4, -0.2) is 46.5 Å². The van der Waals surface area contributed by atoms with E-state index in [1.165, 1.54) is 0 Å². The number of piperazine rings is 1. The van der Waals surface area contributed by atoms with Gasteiger partial charge >= 0.3 is 0 Å². The molecule has 1 heterocycles. The lowest BCUT2D eigenvalue weighted by atomic mass is 10.1. The Morgan fingerprint density at radius 3 is 2.52 bits per heavy atom. The molecule has 1 N–H and O–H groups in total. The number of rotatable bonds is 3. The van der Waals surface area contributed by atoms with Gasteiger partial charge in [-0.05, 0) is 49.0 Å². The summed E-state index contributed by atoms with van der Waals surface area (Å²) in [5.74, 6) is 0.152. The van der Waals surface area contributed by atoms with Crippen LogP contribution in [0.2, 0.25) is 0 Å². The van der Waals surface area contributed by atoms with Crippen LogP contribution in [0.1, 0.15) is 18.1 Å². The first-order valence-electron chi connectivity index (χ1n) is 8.96. The molecular formula is C21H22N4OS. The smallest absolute Gasteiger partial charge is 0.227 e. The van der Waals surface area contributed by atoms with E-state index < -0.39 is 0 Å². The van der Waals surface area contributed by atoms with Crippen LogP contribution in [-0.2, 0) is 11.2 Å². The van der Waals surface area contributed by atoms with Gasteiger partial charge in [-0.3, -0.25) is 4.79 Å². The molecule has 138 valence electrons. The average molecular weight is 379 g/mol. The van der Waals surface area contributed by atoms with Crippen molar-refractivity contribution < 1.29 is 4.79 Å². The lowest BCUT2D eigenvalue weighted by Crippen LogP contribution is -2.56. The lowest BCUT2D eigenvalue weighted by Gasteiger charge is -2.41. The normalized spacial score (nSPS) is 16.5. The van der Waals surface area contributed by atoms with Gasteiger partial charge in [0.25, 0.3) is 0 Å². The standard InChI is InChI=1S/C21H22N4OS/c1-16-15-24(20(26)13-17-5-3-2-4-6-17)11-12-25(16)21(27)23-19-9-7-18(14-22)8-10-19/h2-10,16H,11-13,15H2,1H3,(H,23,27). The molecule has 1 amide bonds. The maximum atomic E-state index is 12.6. The van der Waals surface area contributed by atoms with Gasteiger partial charge in [-0.25, -0.2) is 0 Å². The molecule has 1 aliphatic heterocycles. The van der Waals surface area contributed by atoms with E-state index in [4.69, 9.17) is 17.5 Å². The minimum absolute atomic E-state index is 0.136. The van der Waals surface area contributed by atoms with Crippen molar-refractivity contribution in [1.82, 2.24) is 9.80 Å². The Kier molecular flexibility index (Phi) is 6.05. The summed E-state index contributed by atoms with van der Waals surface area (Å²) in [5.41, 5.74) is 2.51. The maximum absolute atomic E-state index is 12.6. The minimum atomic E-state index is 0.136. The number of nitrogens with one attached hydrogen (secondary N) is 1. The van der Waals surface area contributed by atoms with Crippen LogP contribution in [0, 0.1) is 11.3 Å². The molecule has 2 aromatic rings. The van der Waals surface area contributed by atoms with Crippen LogP contribution in [0.15, 0.2) is 54.6 Å². The summed E-state index contributed by atoms with van der Waals surface area (Å²) < 4.78 is 0. The van der Waals surface area contributed by atoms with Gasteiger partial charge in [0, 0.05) is 31.4 Å². The molecule has 0 radical (unpaired) electrons. The number of hydrogen-bond acceptors (Lipinski definition) is 3. The zero-order chi connectivity index (χ0) is 19.2. The predicted octanol–water partition coefficient (Wildman–Crippen LogP) is 3.03. The van der Waals surface area contributed by atoms with Crippen molar-refractivity contribution in [2.75, 3.05) is 25.0 Å². The zero-order valence-electron chi connectivity index (χ0n) is 15.3. The first-order valence-corrected chi connectivity index (χ1v) is 9.37. The van der Waals surface area contributed by atoms with Gasteiger partial charge in [-0.2, -0.15) is 5.26 Å². The van der Waals surface area contributed by atoms with Gasteiger partial charge in [-0.1, -0.05) is 30.3 Å². The minimum Gasteiger partial charge on any atom is -0.343 e. The third-order valence-electron chi connectivity index (χ3n) is 4.70. The highest BCUT2D eigenvalue weighted by molar-refractivity contribution is 7.80. The van der Waals surface area contributed by atoms with Crippen LogP contribution >= 0.6 is 12.2 Å². The second-order valence-electron chi connectivity index (χ2n) is 6.66. The summed E-state index contributed by atoms with van der Waals surface area (Å²) in [6, 6.07) is 19.3. The third kappa shape index (κ3) is 4.83. The van der Waals surface area contributed by atoms with E-state index in [1.54, 1.807) is 12.1 Å². The number of carbonyl (C=O) groups is 1. The number of anilines is 1. The molecule has 1 aliphatic rings. The first kappa shape index (κ1) is 18.9. The summed E-state index contributed by atoms with van der Waals surface area (Å²) in [7, 11) is 0. The second-order valence-corrected chi connectivity index (χ2v) is 7.05. The predicted molar refractivity (Wildman–Crippen MR) is 110 cm³/mol.